The molecule has 0 aliphatic carbocycles. The number of nitrogens with zero attached hydrogens (tertiary/aromatic N) is 1. The molecule has 2 aromatic rings. The fraction of sp³-hybridized carbons (Fsp3) is 0. The van der Waals surface area contributed by atoms with Crippen molar-refractivity contribution < 1.29 is 18.7 Å². The molecule has 0 aliphatic heterocycles. The van der Waals surface area contributed by atoms with Gasteiger partial charge in [-0.1, -0.05) is 6.07 Å². The van der Waals surface area contributed by atoms with Crippen molar-refractivity contribution in [3.63, 3.8) is 0 Å². The third-order valence-corrected chi connectivity index (χ3v) is 2.16. The molecular formula is C12H8F2N2O2. The molecule has 0 saturated heterocycles. The molecule has 0 radical (unpaired) electrons. The van der Waals surface area contributed by atoms with E-state index in [1.165, 1.54) is 12.1 Å². The molecule has 1 aromatic carbocycles. The van der Waals surface area contributed by atoms with Crippen molar-refractivity contribution in [3.05, 3.63) is 53.7 Å². The molecule has 0 atom stereocenters. The van der Waals surface area contributed by atoms with Crippen molar-refractivity contribution in [2.24, 2.45) is 0 Å². The van der Waals surface area contributed by atoms with Crippen molar-refractivity contribution in [1.29, 1.82) is 0 Å². The molecule has 1 aromatic heterocycles. The number of amides is 1. The zero-order valence-electron chi connectivity index (χ0n) is 9.02. The van der Waals surface area contributed by atoms with Crippen LogP contribution in [0, 0.1) is 11.8 Å². The van der Waals surface area contributed by atoms with E-state index < -0.39 is 17.7 Å². The molecular weight excluding hydrogens is 242 g/mol. The predicted molar refractivity (Wildman–Crippen MR) is 60.2 cm³/mol. The van der Waals surface area contributed by atoms with Gasteiger partial charge in [-0.05, 0) is 30.3 Å². The zero-order valence-corrected chi connectivity index (χ0v) is 9.02. The molecule has 0 fully saturated rings. The minimum absolute atomic E-state index is 0.0244. The van der Waals surface area contributed by atoms with E-state index in [9.17, 15) is 18.7 Å². The molecule has 1 heterocycles. The Morgan fingerprint density at radius 2 is 2.00 bits per heavy atom. The van der Waals surface area contributed by atoms with Crippen LogP contribution in [0.1, 0.15) is 10.4 Å². The van der Waals surface area contributed by atoms with Crippen molar-refractivity contribution in [2.45, 2.75) is 0 Å². The third-order valence-electron chi connectivity index (χ3n) is 2.16. The van der Waals surface area contributed by atoms with Gasteiger partial charge in [0.25, 0.3) is 5.91 Å². The van der Waals surface area contributed by atoms with Crippen molar-refractivity contribution in [1.82, 2.24) is 4.98 Å². The second kappa shape index (κ2) is 4.79. The van der Waals surface area contributed by atoms with Gasteiger partial charge < -0.3 is 10.4 Å². The van der Waals surface area contributed by atoms with Gasteiger partial charge in [0.2, 0.25) is 5.95 Å². The molecule has 0 spiro atoms. The summed E-state index contributed by atoms with van der Waals surface area (Å²) in [6.07, 6.45) is 0. The number of phenolic OH excluding ortho intramolecular Hbond substituents is 1. The Morgan fingerprint density at radius 3 is 2.72 bits per heavy atom. The fourth-order valence-corrected chi connectivity index (χ4v) is 1.35. The standard InChI is InChI=1S/C12H8F2N2O2/c13-7-4-5-9(17)8(6-7)12(18)16-11-3-1-2-10(14)15-11/h1-6,17H,(H,15,16,18). The number of anilines is 1. The molecule has 0 aliphatic rings. The van der Waals surface area contributed by atoms with E-state index in [-0.39, 0.29) is 17.1 Å². The fourth-order valence-electron chi connectivity index (χ4n) is 1.35. The summed E-state index contributed by atoms with van der Waals surface area (Å²) >= 11 is 0. The first-order valence-corrected chi connectivity index (χ1v) is 4.98. The summed E-state index contributed by atoms with van der Waals surface area (Å²) in [6, 6.07) is 6.82. The van der Waals surface area contributed by atoms with Crippen molar-refractivity contribution >= 4 is 11.7 Å². The van der Waals surface area contributed by atoms with Crippen LogP contribution in [-0.4, -0.2) is 16.0 Å². The highest BCUT2D eigenvalue weighted by atomic mass is 19.1. The number of nitrogens with one attached hydrogen (secondary N) is 1. The quantitative estimate of drug-likeness (QED) is 0.804. The lowest BCUT2D eigenvalue weighted by atomic mass is 10.2. The Hall–Kier alpha value is -2.50. The second-order valence-electron chi connectivity index (χ2n) is 3.46. The lowest BCUT2D eigenvalue weighted by Crippen LogP contribution is -2.13. The van der Waals surface area contributed by atoms with Crippen LogP contribution in [-0.2, 0) is 0 Å². The average molecular weight is 250 g/mol. The summed E-state index contributed by atoms with van der Waals surface area (Å²) in [6.45, 7) is 0. The largest absolute Gasteiger partial charge is 0.507 e. The van der Waals surface area contributed by atoms with E-state index in [2.05, 4.69) is 10.3 Å². The average Bonchev–Trinajstić information content (AvgIpc) is 2.32. The highest BCUT2D eigenvalue weighted by molar-refractivity contribution is 6.05. The van der Waals surface area contributed by atoms with E-state index in [0.717, 1.165) is 24.3 Å². The predicted octanol–water partition coefficient (Wildman–Crippen LogP) is 2.32. The molecule has 4 nitrogen and oxygen atoms in total. The normalized spacial score (nSPS) is 10.1. The highest BCUT2D eigenvalue weighted by Crippen LogP contribution is 2.19. The summed E-state index contributed by atoms with van der Waals surface area (Å²) in [7, 11) is 0. The number of hydrogen-bond donors (Lipinski definition) is 2. The highest BCUT2D eigenvalue weighted by Gasteiger charge is 2.13. The molecule has 2 N–H and O–H groups in total. The lowest BCUT2D eigenvalue weighted by molar-refractivity contribution is 0.102. The second-order valence-corrected chi connectivity index (χ2v) is 3.46. The summed E-state index contributed by atoms with van der Waals surface area (Å²) in [5.74, 6) is -2.58. The van der Waals surface area contributed by atoms with Gasteiger partial charge in [-0.2, -0.15) is 4.39 Å². The Kier molecular flexibility index (Phi) is 3.18. The van der Waals surface area contributed by atoms with Crippen LogP contribution in [0.15, 0.2) is 36.4 Å². The van der Waals surface area contributed by atoms with E-state index in [1.54, 1.807) is 0 Å². The van der Waals surface area contributed by atoms with E-state index in [0.29, 0.717) is 0 Å². The minimum Gasteiger partial charge on any atom is -0.507 e. The Labute approximate surface area is 101 Å². The zero-order chi connectivity index (χ0) is 13.1. The number of carbonyl (C=O) groups is 1. The maximum atomic E-state index is 12.9. The van der Waals surface area contributed by atoms with E-state index in [4.69, 9.17) is 0 Å². The third kappa shape index (κ3) is 2.60. The van der Waals surface area contributed by atoms with Gasteiger partial charge in [0.05, 0.1) is 5.56 Å². The summed E-state index contributed by atoms with van der Waals surface area (Å²) in [5, 5.41) is 11.7. The van der Waals surface area contributed by atoms with Crippen LogP contribution in [0.5, 0.6) is 5.75 Å². The number of pyridine rings is 1. The summed E-state index contributed by atoms with van der Waals surface area (Å²) < 4.78 is 25.7. The SMILES string of the molecule is O=C(Nc1cccc(F)n1)c1cc(F)ccc1O. The minimum atomic E-state index is -0.773. The maximum Gasteiger partial charge on any atom is 0.260 e. The lowest BCUT2D eigenvalue weighted by Gasteiger charge is -2.06. The van der Waals surface area contributed by atoms with Crippen LogP contribution in [0.25, 0.3) is 0 Å². The number of aromatic hydroxyl groups is 1. The van der Waals surface area contributed by atoms with Gasteiger partial charge in [-0.25, -0.2) is 9.37 Å². The molecule has 92 valence electrons. The first-order valence-electron chi connectivity index (χ1n) is 4.98. The van der Waals surface area contributed by atoms with Crippen LogP contribution < -0.4 is 5.32 Å². The topological polar surface area (TPSA) is 62.2 Å². The number of benzene rings is 1. The molecule has 0 saturated carbocycles. The van der Waals surface area contributed by atoms with Crippen LogP contribution in [0.3, 0.4) is 0 Å². The van der Waals surface area contributed by atoms with Gasteiger partial charge in [0, 0.05) is 0 Å². The van der Waals surface area contributed by atoms with Crippen LogP contribution in [0.4, 0.5) is 14.6 Å². The summed E-state index contributed by atoms with van der Waals surface area (Å²) in [4.78, 5) is 15.1. The van der Waals surface area contributed by atoms with Crippen molar-refractivity contribution in [3.8, 4) is 5.75 Å². The molecule has 18 heavy (non-hydrogen) atoms. The number of phenols is 1. The number of aromatic nitrogens is 1. The Balaban J connectivity index is 2.24. The smallest absolute Gasteiger partial charge is 0.260 e. The molecule has 6 heteroatoms. The van der Waals surface area contributed by atoms with E-state index in [1.807, 2.05) is 0 Å². The monoisotopic (exact) mass is 250 g/mol. The van der Waals surface area contributed by atoms with Crippen molar-refractivity contribution in [2.75, 3.05) is 5.32 Å². The molecule has 0 bridgehead atoms. The molecule has 2 rings (SSSR count). The van der Waals surface area contributed by atoms with Gasteiger partial charge in [-0.15, -0.1) is 0 Å². The number of halogens is 2. The molecule has 0 unspecified atom stereocenters. The van der Waals surface area contributed by atoms with Gasteiger partial charge in [-0.3, -0.25) is 4.79 Å². The maximum absolute atomic E-state index is 12.9. The summed E-state index contributed by atoms with van der Waals surface area (Å²) in [5.41, 5.74) is -0.249. The number of hydrogen-bond acceptors (Lipinski definition) is 3. The van der Waals surface area contributed by atoms with Crippen LogP contribution in [0.2, 0.25) is 0 Å². The number of carbonyl (C=O) groups excluding carboxylic acids is 1. The first-order chi connectivity index (χ1) is 8.56. The molecule has 1 amide bonds. The van der Waals surface area contributed by atoms with Gasteiger partial charge in [0.15, 0.2) is 0 Å². The van der Waals surface area contributed by atoms with Crippen LogP contribution >= 0.6 is 0 Å². The first kappa shape index (κ1) is 12.0. The van der Waals surface area contributed by atoms with Gasteiger partial charge in [0.1, 0.15) is 17.4 Å². The number of rotatable bonds is 2. The van der Waals surface area contributed by atoms with Gasteiger partial charge >= 0.3 is 0 Å². The Bertz CT molecular complexity index is 602. The Morgan fingerprint density at radius 1 is 1.22 bits per heavy atom. The van der Waals surface area contributed by atoms with E-state index >= 15 is 0 Å².